The molecule has 0 radical (unpaired) electrons. The summed E-state index contributed by atoms with van der Waals surface area (Å²) in [5, 5.41) is 2.83. The Morgan fingerprint density at radius 2 is 0.566 bits per heavy atom. The van der Waals surface area contributed by atoms with E-state index >= 15 is 0 Å². The highest BCUT2D eigenvalue weighted by atomic mass is 32.2. The molecule has 260 valence electrons. The third-order valence-electron chi connectivity index (χ3n) is 8.82. The Balaban J connectivity index is 1.26. The zero-order chi connectivity index (χ0) is 35.7. The van der Waals surface area contributed by atoms with Gasteiger partial charge in [-0.05, 0) is 71.0 Å². The van der Waals surface area contributed by atoms with Gasteiger partial charge in [-0.3, -0.25) is 0 Å². The highest BCUT2D eigenvalue weighted by molar-refractivity contribution is 8.17. The minimum absolute atomic E-state index is 0.213. The van der Waals surface area contributed by atoms with Crippen LogP contribution in [-0.4, -0.2) is 8.07 Å². The van der Waals surface area contributed by atoms with Gasteiger partial charge in [-0.2, -0.15) is 0 Å². The van der Waals surface area contributed by atoms with E-state index in [0.29, 0.717) is 0 Å². The summed E-state index contributed by atoms with van der Waals surface area (Å²) in [6.45, 7) is 0. The van der Waals surface area contributed by atoms with Crippen LogP contribution < -0.4 is 19.4 Å². The van der Waals surface area contributed by atoms with Gasteiger partial charge in [0.1, 0.15) is 0 Å². The molecular formula is C46H36S6Si. The van der Waals surface area contributed by atoms with Crippen molar-refractivity contribution >= 4 is 97.2 Å². The van der Waals surface area contributed by atoms with Crippen LogP contribution >= 0.6 is 69.7 Å². The summed E-state index contributed by atoms with van der Waals surface area (Å²) in [7, 11) is -2.72. The number of rotatable bonds is 14. The van der Waals surface area contributed by atoms with Crippen LogP contribution in [0, 0.1) is 0 Å². The first kappa shape index (κ1) is 36.3. The van der Waals surface area contributed by atoms with Crippen molar-refractivity contribution in [1.82, 2.24) is 0 Å². The summed E-state index contributed by atoms with van der Waals surface area (Å²) in [6.07, 6.45) is 0. The molecule has 0 amide bonds. The van der Waals surface area contributed by atoms with Gasteiger partial charge >= 0.3 is 0 Å². The van der Waals surface area contributed by atoms with Crippen molar-refractivity contribution in [3.63, 3.8) is 0 Å². The fraction of sp³-hybridized carbons (Fsp3) is 0.0435. The van der Waals surface area contributed by atoms with Gasteiger partial charge in [0.15, 0.2) is 0 Å². The Bertz CT molecular complexity index is 2040. The van der Waals surface area contributed by atoms with Gasteiger partial charge < -0.3 is 0 Å². The predicted octanol–water partition coefficient (Wildman–Crippen LogP) is 12.4. The van der Waals surface area contributed by atoms with E-state index in [4.69, 9.17) is 0 Å². The van der Waals surface area contributed by atoms with Gasteiger partial charge in [-0.25, -0.2) is 0 Å². The summed E-state index contributed by atoms with van der Waals surface area (Å²) < 4.78 is 3.36. The molecule has 0 aliphatic carbocycles. The van der Waals surface area contributed by atoms with Crippen molar-refractivity contribution in [3.8, 4) is 0 Å². The van der Waals surface area contributed by atoms with Gasteiger partial charge in [0, 0.05) is 38.3 Å². The Labute approximate surface area is 339 Å². The lowest BCUT2D eigenvalue weighted by Crippen LogP contribution is -2.73. The van der Waals surface area contributed by atoms with Crippen molar-refractivity contribution in [1.29, 1.82) is 0 Å². The third-order valence-corrected chi connectivity index (χ3v) is 23.2. The van der Waals surface area contributed by atoms with Crippen LogP contribution in [0.2, 0.25) is 0 Å². The third kappa shape index (κ3) is 8.52. The quantitative estimate of drug-likeness (QED) is 0.0609. The Morgan fingerprint density at radius 1 is 0.302 bits per heavy atom. The molecule has 0 saturated carbocycles. The molecule has 0 unspecified atom stereocenters. The van der Waals surface area contributed by atoms with Crippen molar-refractivity contribution < 1.29 is 0 Å². The average Bonchev–Trinajstić information content (AvgIpc) is 3.93. The molecule has 7 heteroatoms. The van der Waals surface area contributed by atoms with E-state index in [-0.39, 0.29) is 9.16 Å². The smallest absolute Gasteiger partial charge is 0.147 e. The van der Waals surface area contributed by atoms with Gasteiger partial charge in [-0.1, -0.05) is 146 Å². The molecule has 0 N–H and O–H groups in total. The molecule has 2 aromatic heterocycles. The lowest BCUT2D eigenvalue weighted by Gasteiger charge is -2.31. The summed E-state index contributed by atoms with van der Waals surface area (Å²) in [6, 6.07) is 75.8. The number of benzene rings is 6. The summed E-state index contributed by atoms with van der Waals surface area (Å²) >= 11 is 11.8. The number of thiophene rings is 2. The van der Waals surface area contributed by atoms with Crippen LogP contribution in [-0.2, 0) is 0 Å². The van der Waals surface area contributed by atoms with E-state index in [2.05, 4.69) is 206 Å². The molecule has 0 aliphatic rings. The first-order chi connectivity index (χ1) is 26.3. The van der Waals surface area contributed by atoms with E-state index in [0.717, 1.165) is 0 Å². The second kappa shape index (κ2) is 17.7. The van der Waals surface area contributed by atoms with Crippen LogP contribution in [0.1, 0.15) is 18.9 Å². The predicted molar refractivity (Wildman–Crippen MR) is 240 cm³/mol. The number of hydrogen-bond acceptors (Lipinski definition) is 6. The largest absolute Gasteiger partial charge is 0.201 e. The van der Waals surface area contributed by atoms with E-state index in [9.17, 15) is 0 Å². The minimum Gasteiger partial charge on any atom is -0.147 e. The fourth-order valence-electron chi connectivity index (χ4n) is 6.37. The second-order valence-electron chi connectivity index (χ2n) is 12.3. The maximum atomic E-state index is 2.46. The molecule has 0 bridgehead atoms. The lowest BCUT2D eigenvalue weighted by molar-refractivity contribution is 1.38. The molecule has 53 heavy (non-hydrogen) atoms. The monoisotopic (exact) mass is 808 g/mol. The first-order valence-electron chi connectivity index (χ1n) is 17.4. The van der Waals surface area contributed by atoms with Crippen molar-refractivity contribution in [2.45, 2.75) is 28.7 Å². The molecule has 8 rings (SSSR count). The van der Waals surface area contributed by atoms with Gasteiger partial charge in [-0.15, -0.1) is 69.7 Å². The summed E-state index contributed by atoms with van der Waals surface area (Å²) in [5.41, 5.74) is 0. The van der Waals surface area contributed by atoms with Crippen molar-refractivity contribution in [3.05, 3.63) is 216 Å². The molecule has 6 aromatic carbocycles. The normalized spacial score (nSPS) is 11.7. The lowest BCUT2D eigenvalue weighted by atomic mass is 10.4. The molecule has 0 fully saturated rings. The van der Waals surface area contributed by atoms with E-state index in [1.54, 1.807) is 0 Å². The Morgan fingerprint density at radius 3 is 0.849 bits per heavy atom. The molecule has 0 aliphatic heterocycles. The van der Waals surface area contributed by atoms with E-state index < -0.39 is 8.07 Å². The zero-order valence-corrected chi connectivity index (χ0v) is 34.6. The number of hydrogen-bond donors (Lipinski definition) is 0. The highest BCUT2D eigenvalue weighted by Crippen LogP contribution is 2.50. The number of thioether (sulfide) groups is 4. The van der Waals surface area contributed by atoms with Crippen molar-refractivity contribution in [2.75, 3.05) is 0 Å². The fourth-order valence-corrected chi connectivity index (χ4v) is 21.5. The van der Waals surface area contributed by atoms with Crippen LogP contribution in [0.4, 0.5) is 0 Å². The maximum absolute atomic E-state index is 2.72. The van der Waals surface area contributed by atoms with E-state index in [1.807, 2.05) is 69.7 Å². The topological polar surface area (TPSA) is 0 Å². The van der Waals surface area contributed by atoms with Crippen LogP contribution in [0.5, 0.6) is 0 Å². The SMILES string of the molecule is c1ccc(SC(Sc2ccccc2)c2ccc([Si](c3ccccc3)(c3ccccc3)c3ccc(C(Sc4ccccc4)Sc4ccccc4)s3)s2)cc1. The molecule has 0 atom stereocenters. The van der Waals surface area contributed by atoms with Gasteiger partial charge in [0.05, 0.1) is 9.16 Å². The molecule has 0 nitrogen and oxygen atoms in total. The second-order valence-corrected chi connectivity index (χ2v) is 24.3. The zero-order valence-electron chi connectivity index (χ0n) is 28.7. The molecule has 0 saturated heterocycles. The maximum Gasteiger partial charge on any atom is 0.201 e. The average molecular weight is 809 g/mol. The molecular weight excluding hydrogens is 773 g/mol. The van der Waals surface area contributed by atoms with E-state index in [1.165, 1.54) is 48.7 Å². The van der Waals surface area contributed by atoms with Gasteiger partial charge in [0.25, 0.3) is 0 Å². The van der Waals surface area contributed by atoms with Crippen LogP contribution in [0.3, 0.4) is 0 Å². The minimum atomic E-state index is -2.72. The highest BCUT2D eigenvalue weighted by Gasteiger charge is 2.44. The Hall–Kier alpha value is -3.66. The standard InChI is InChI=1S/C46H36S6Si/c1-7-19-35(20-8-1)47-45(48-36-21-9-2-10-22-36)41-31-33-43(51-41)53(39-27-15-5-16-28-39,40-29-17-6-18-30-40)44-34-32-42(52-44)46(49-37-23-11-3-12-24-37)50-38-25-13-4-14-26-38/h1-34,45-46H. The van der Waals surface area contributed by atoms with Crippen molar-refractivity contribution in [2.24, 2.45) is 0 Å². The summed E-state index contributed by atoms with van der Waals surface area (Å²) in [5.74, 6) is 0. The molecule has 8 aromatic rings. The van der Waals surface area contributed by atoms with Crippen LogP contribution in [0.25, 0.3) is 0 Å². The Kier molecular flexibility index (Phi) is 12.1. The summed E-state index contributed by atoms with van der Waals surface area (Å²) in [4.78, 5) is 7.91. The molecule has 0 spiro atoms. The van der Waals surface area contributed by atoms with Gasteiger partial charge in [0.2, 0.25) is 8.07 Å². The van der Waals surface area contributed by atoms with Crippen LogP contribution in [0.15, 0.2) is 226 Å². The first-order valence-corrected chi connectivity index (χ1v) is 24.6. The molecule has 2 heterocycles.